The van der Waals surface area contributed by atoms with Crippen LogP contribution in [-0.4, -0.2) is 23.3 Å². The van der Waals surface area contributed by atoms with Gasteiger partial charge >= 0.3 is 6.09 Å². The molecule has 5 nitrogen and oxygen atoms in total. The molecule has 1 heterocycles. The Morgan fingerprint density at radius 1 is 1.62 bits per heavy atom. The van der Waals surface area contributed by atoms with Gasteiger partial charge in [0.15, 0.2) is 11.6 Å². The average molecular weight is 182 g/mol. The molecule has 1 aromatic rings. The van der Waals surface area contributed by atoms with Crippen LogP contribution in [0.3, 0.4) is 0 Å². The minimum atomic E-state index is -1.16. The van der Waals surface area contributed by atoms with E-state index in [0.29, 0.717) is 5.75 Å². The van der Waals surface area contributed by atoms with Crippen LogP contribution in [0.4, 0.5) is 10.6 Å². The summed E-state index contributed by atoms with van der Waals surface area (Å²) in [4.78, 5) is 14.3. The lowest BCUT2D eigenvalue weighted by atomic mass is 10.3. The number of nitrogens with zero attached hydrogens (tertiary/aromatic N) is 1. The molecule has 0 unspecified atom stereocenters. The van der Waals surface area contributed by atoms with E-state index in [9.17, 15) is 4.79 Å². The number of hydrogen-bond donors (Lipinski definition) is 2. The first-order valence-corrected chi connectivity index (χ1v) is 3.65. The Morgan fingerprint density at radius 3 is 2.85 bits per heavy atom. The van der Waals surface area contributed by atoms with Crippen LogP contribution in [0.25, 0.3) is 0 Å². The molecule has 13 heavy (non-hydrogen) atoms. The van der Waals surface area contributed by atoms with E-state index in [0.717, 1.165) is 5.69 Å². The maximum atomic E-state index is 10.3. The topological polar surface area (TPSA) is 71.5 Å². The second-order valence-corrected chi connectivity index (χ2v) is 2.43. The van der Waals surface area contributed by atoms with Crippen LogP contribution in [-0.2, 0) is 0 Å². The number of amides is 1. The smallest absolute Gasteiger partial charge is 0.410 e. The molecule has 0 spiro atoms. The highest BCUT2D eigenvalue weighted by Gasteiger charge is 2.06. The van der Waals surface area contributed by atoms with E-state index in [1.165, 1.54) is 7.11 Å². The highest BCUT2D eigenvalue weighted by molar-refractivity contribution is 5.83. The van der Waals surface area contributed by atoms with Gasteiger partial charge in [-0.15, -0.1) is 0 Å². The predicted molar refractivity (Wildman–Crippen MR) is 47.2 cm³/mol. The van der Waals surface area contributed by atoms with E-state index in [1.807, 2.05) is 0 Å². The molecular weight excluding hydrogens is 172 g/mol. The van der Waals surface area contributed by atoms with Gasteiger partial charge in [0.25, 0.3) is 0 Å². The Morgan fingerprint density at radius 2 is 2.31 bits per heavy atom. The number of pyridine rings is 1. The number of nitrogens with one attached hydrogen (secondary N) is 1. The third-order valence-electron chi connectivity index (χ3n) is 1.44. The van der Waals surface area contributed by atoms with Gasteiger partial charge in [-0.2, -0.15) is 0 Å². The minimum absolute atomic E-state index is 0.218. The van der Waals surface area contributed by atoms with Crippen molar-refractivity contribution in [2.75, 3.05) is 12.4 Å². The first kappa shape index (κ1) is 9.31. The number of anilines is 1. The van der Waals surface area contributed by atoms with Crippen molar-refractivity contribution in [2.24, 2.45) is 0 Å². The SMILES string of the molecule is COc1ccc(C)nc1NC(=O)O. The van der Waals surface area contributed by atoms with Crippen LogP contribution < -0.4 is 10.1 Å². The molecule has 1 rings (SSSR count). The number of rotatable bonds is 2. The standard InChI is InChI=1S/C8H10N2O3/c1-5-3-4-6(13-2)7(9-5)10-8(11)12/h3-4H,1-2H3,(H,9,10)(H,11,12). The fourth-order valence-corrected chi connectivity index (χ4v) is 0.899. The van der Waals surface area contributed by atoms with Crippen molar-refractivity contribution in [3.8, 4) is 5.75 Å². The van der Waals surface area contributed by atoms with Gasteiger partial charge in [0, 0.05) is 5.69 Å². The molecule has 0 aliphatic heterocycles. The normalized spacial score (nSPS) is 9.38. The Balaban J connectivity index is 3.01. The molecular formula is C8H10N2O3. The van der Waals surface area contributed by atoms with Crippen molar-refractivity contribution >= 4 is 11.9 Å². The molecule has 2 N–H and O–H groups in total. The van der Waals surface area contributed by atoms with Crippen molar-refractivity contribution in [2.45, 2.75) is 6.92 Å². The third-order valence-corrected chi connectivity index (χ3v) is 1.44. The predicted octanol–water partition coefficient (Wildman–Crippen LogP) is 1.49. The Bertz CT molecular complexity index is 325. The zero-order chi connectivity index (χ0) is 9.84. The van der Waals surface area contributed by atoms with E-state index in [1.54, 1.807) is 19.1 Å². The molecule has 1 aromatic heterocycles. The van der Waals surface area contributed by atoms with Crippen LogP contribution in [0.15, 0.2) is 12.1 Å². The van der Waals surface area contributed by atoms with Crippen LogP contribution in [0, 0.1) is 6.92 Å². The van der Waals surface area contributed by atoms with Crippen molar-refractivity contribution < 1.29 is 14.6 Å². The van der Waals surface area contributed by atoms with Crippen LogP contribution in [0.5, 0.6) is 5.75 Å². The van der Waals surface area contributed by atoms with Crippen LogP contribution in [0.1, 0.15) is 5.69 Å². The molecule has 1 amide bonds. The number of hydrogen-bond acceptors (Lipinski definition) is 3. The summed E-state index contributed by atoms with van der Waals surface area (Å²) in [6, 6.07) is 3.40. The van der Waals surface area contributed by atoms with Crippen molar-refractivity contribution in [3.05, 3.63) is 17.8 Å². The maximum absolute atomic E-state index is 10.3. The average Bonchev–Trinajstić information content (AvgIpc) is 2.03. The molecule has 0 fully saturated rings. The molecule has 0 aromatic carbocycles. The van der Waals surface area contributed by atoms with E-state index >= 15 is 0 Å². The second kappa shape index (κ2) is 3.75. The summed E-state index contributed by atoms with van der Waals surface area (Å²) in [6.07, 6.45) is -1.16. The van der Waals surface area contributed by atoms with E-state index in [2.05, 4.69) is 10.3 Å². The van der Waals surface area contributed by atoms with Gasteiger partial charge in [0.05, 0.1) is 7.11 Å². The van der Waals surface area contributed by atoms with Crippen molar-refractivity contribution in [3.63, 3.8) is 0 Å². The molecule has 70 valence electrons. The van der Waals surface area contributed by atoms with Gasteiger partial charge in [-0.05, 0) is 19.1 Å². The third kappa shape index (κ3) is 2.33. The molecule has 0 saturated carbocycles. The number of ether oxygens (including phenoxy) is 1. The van der Waals surface area contributed by atoms with E-state index in [4.69, 9.17) is 9.84 Å². The highest BCUT2D eigenvalue weighted by Crippen LogP contribution is 2.21. The van der Waals surface area contributed by atoms with Gasteiger partial charge in [-0.25, -0.2) is 9.78 Å². The largest absolute Gasteiger partial charge is 0.493 e. The fourth-order valence-electron chi connectivity index (χ4n) is 0.899. The summed E-state index contributed by atoms with van der Waals surface area (Å²) in [6.45, 7) is 1.77. The van der Waals surface area contributed by atoms with Crippen molar-refractivity contribution in [1.29, 1.82) is 0 Å². The van der Waals surface area contributed by atoms with Gasteiger partial charge in [-0.1, -0.05) is 0 Å². The summed E-state index contributed by atoms with van der Waals surface area (Å²) >= 11 is 0. The number of carboxylic acid groups (broad SMARTS) is 1. The van der Waals surface area contributed by atoms with Gasteiger partial charge < -0.3 is 9.84 Å². The lowest BCUT2D eigenvalue weighted by Crippen LogP contribution is -2.10. The summed E-state index contributed by atoms with van der Waals surface area (Å²) in [5.74, 6) is 0.628. The molecule has 5 heteroatoms. The molecule has 0 saturated heterocycles. The monoisotopic (exact) mass is 182 g/mol. The lowest BCUT2D eigenvalue weighted by Gasteiger charge is -2.06. The van der Waals surface area contributed by atoms with Gasteiger partial charge in [0.1, 0.15) is 0 Å². The van der Waals surface area contributed by atoms with Crippen LogP contribution in [0.2, 0.25) is 0 Å². The molecule has 0 aliphatic carbocycles. The summed E-state index contributed by atoms with van der Waals surface area (Å²) in [5.41, 5.74) is 0.726. The zero-order valence-electron chi connectivity index (χ0n) is 7.37. The van der Waals surface area contributed by atoms with Gasteiger partial charge in [0.2, 0.25) is 0 Å². The number of aromatic nitrogens is 1. The highest BCUT2D eigenvalue weighted by atomic mass is 16.5. The Labute approximate surface area is 75.4 Å². The number of aryl methyl sites for hydroxylation is 1. The van der Waals surface area contributed by atoms with Crippen molar-refractivity contribution in [1.82, 2.24) is 4.98 Å². The van der Waals surface area contributed by atoms with Gasteiger partial charge in [-0.3, -0.25) is 5.32 Å². The summed E-state index contributed by atoms with van der Waals surface area (Å²) < 4.78 is 4.91. The number of carbonyl (C=O) groups is 1. The summed E-state index contributed by atoms with van der Waals surface area (Å²) in [5, 5.41) is 10.6. The second-order valence-electron chi connectivity index (χ2n) is 2.43. The lowest BCUT2D eigenvalue weighted by molar-refractivity contribution is 0.209. The Kier molecular flexibility index (Phi) is 2.69. The first-order valence-electron chi connectivity index (χ1n) is 3.65. The molecule has 0 atom stereocenters. The fraction of sp³-hybridized carbons (Fsp3) is 0.250. The maximum Gasteiger partial charge on any atom is 0.410 e. The van der Waals surface area contributed by atoms with Crippen LogP contribution >= 0.6 is 0 Å². The van der Waals surface area contributed by atoms with E-state index < -0.39 is 6.09 Å². The summed E-state index contributed by atoms with van der Waals surface area (Å²) in [7, 11) is 1.46. The first-order chi connectivity index (χ1) is 6.13. The minimum Gasteiger partial charge on any atom is -0.493 e. The van der Waals surface area contributed by atoms with E-state index in [-0.39, 0.29) is 5.82 Å². The molecule has 0 bridgehead atoms. The quantitative estimate of drug-likeness (QED) is 0.726. The molecule has 0 radical (unpaired) electrons. The zero-order valence-corrected chi connectivity index (χ0v) is 7.37. The Hall–Kier alpha value is -1.78. The molecule has 0 aliphatic rings. The number of methoxy groups -OCH3 is 1.